The molecule has 0 amide bonds. The van der Waals surface area contributed by atoms with Gasteiger partial charge in [0.25, 0.3) is 0 Å². The summed E-state index contributed by atoms with van der Waals surface area (Å²) in [5.41, 5.74) is 2.06. The Balaban J connectivity index is 3.02. The molecule has 0 atom stereocenters. The van der Waals surface area contributed by atoms with Crippen LogP contribution in [0.2, 0.25) is 0 Å². The number of thiophene rings is 1. The van der Waals surface area contributed by atoms with Gasteiger partial charge in [0, 0.05) is 0 Å². The molecule has 68 valence electrons. The summed E-state index contributed by atoms with van der Waals surface area (Å²) in [5.74, 6) is 0. The van der Waals surface area contributed by atoms with Gasteiger partial charge in [-0.25, -0.2) is 0 Å². The van der Waals surface area contributed by atoms with Gasteiger partial charge in [-0.1, -0.05) is 34.6 Å². The summed E-state index contributed by atoms with van der Waals surface area (Å²) in [7, 11) is 0. The summed E-state index contributed by atoms with van der Waals surface area (Å²) < 4.78 is 0. The van der Waals surface area contributed by atoms with Crippen LogP contribution in [-0.4, -0.2) is 0 Å². The first-order chi connectivity index (χ1) is 5.36. The minimum atomic E-state index is 0.271. The lowest BCUT2D eigenvalue weighted by Crippen LogP contribution is -2.33. The average Bonchev–Trinajstić information content (AvgIpc) is 2.34. The van der Waals surface area contributed by atoms with Crippen LogP contribution in [0.25, 0.3) is 0 Å². The third kappa shape index (κ3) is 1.56. The van der Waals surface area contributed by atoms with Crippen molar-refractivity contribution in [3.05, 3.63) is 22.4 Å². The van der Waals surface area contributed by atoms with Crippen LogP contribution >= 0.6 is 11.3 Å². The van der Waals surface area contributed by atoms with E-state index in [1.807, 2.05) is 0 Å². The summed E-state index contributed by atoms with van der Waals surface area (Å²) in [4.78, 5) is 0. The molecule has 1 aromatic rings. The smallest absolute Gasteiger partial charge is 0.00468 e. The zero-order chi connectivity index (χ0) is 9.41. The van der Waals surface area contributed by atoms with Crippen LogP contribution < -0.4 is 0 Å². The lowest BCUT2D eigenvalue weighted by atomic mass is 9.66. The number of rotatable bonds is 1. The van der Waals surface area contributed by atoms with Gasteiger partial charge in [-0.05, 0) is 33.2 Å². The second-order valence-corrected chi connectivity index (χ2v) is 5.67. The van der Waals surface area contributed by atoms with Crippen LogP contribution in [0.5, 0.6) is 0 Å². The zero-order valence-electron chi connectivity index (χ0n) is 8.64. The molecule has 0 saturated carbocycles. The van der Waals surface area contributed by atoms with Gasteiger partial charge >= 0.3 is 0 Å². The van der Waals surface area contributed by atoms with Crippen molar-refractivity contribution in [1.82, 2.24) is 0 Å². The third-order valence-electron chi connectivity index (χ3n) is 3.12. The van der Waals surface area contributed by atoms with Crippen molar-refractivity contribution in [2.75, 3.05) is 0 Å². The molecular weight excluding hydrogens is 164 g/mol. The first-order valence-electron chi connectivity index (χ1n) is 4.38. The van der Waals surface area contributed by atoms with Crippen LogP contribution in [0, 0.1) is 5.41 Å². The maximum Gasteiger partial charge on any atom is -0.00468 e. The van der Waals surface area contributed by atoms with E-state index >= 15 is 0 Å². The first-order valence-corrected chi connectivity index (χ1v) is 5.32. The topological polar surface area (TPSA) is 0 Å². The Labute approximate surface area is 79.6 Å². The van der Waals surface area contributed by atoms with E-state index in [2.05, 4.69) is 51.4 Å². The number of hydrogen-bond donors (Lipinski definition) is 0. The molecule has 0 aliphatic carbocycles. The lowest BCUT2D eigenvalue weighted by molar-refractivity contribution is 0.226. The zero-order valence-corrected chi connectivity index (χ0v) is 9.46. The van der Waals surface area contributed by atoms with Crippen molar-refractivity contribution < 1.29 is 0 Å². The van der Waals surface area contributed by atoms with Crippen molar-refractivity contribution >= 4 is 11.3 Å². The molecule has 0 N–H and O–H groups in total. The molecule has 1 heterocycles. The molecule has 0 fully saturated rings. The molecule has 1 aromatic heterocycles. The second-order valence-electron chi connectivity index (χ2n) is 4.89. The Hall–Kier alpha value is -0.300. The maximum atomic E-state index is 2.31. The van der Waals surface area contributed by atoms with Gasteiger partial charge in [-0.3, -0.25) is 0 Å². The van der Waals surface area contributed by atoms with Crippen LogP contribution in [0.1, 0.15) is 40.2 Å². The summed E-state index contributed by atoms with van der Waals surface area (Å²) >= 11 is 1.78. The minimum absolute atomic E-state index is 0.271. The molecule has 0 saturated heterocycles. The van der Waals surface area contributed by atoms with Crippen molar-refractivity contribution in [2.24, 2.45) is 5.41 Å². The first kappa shape index (κ1) is 9.79. The highest BCUT2D eigenvalue weighted by atomic mass is 32.1. The van der Waals surface area contributed by atoms with Crippen LogP contribution in [-0.2, 0) is 5.41 Å². The molecule has 12 heavy (non-hydrogen) atoms. The van der Waals surface area contributed by atoms with Crippen molar-refractivity contribution in [2.45, 2.75) is 40.0 Å². The molecule has 0 aromatic carbocycles. The molecule has 0 bridgehead atoms. The standard InChI is InChI=1S/C11H18S/c1-10(2,3)11(4,5)9-6-7-12-8-9/h6-8H,1-5H3. The summed E-state index contributed by atoms with van der Waals surface area (Å²) in [6.45, 7) is 11.5. The SMILES string of the molecule is CC(C)(C)C(C)(C)c1ccsc1. The number of hydrogen-bond acceptors (Lipinski definition) is 1. The highest BCUT2D eigenvalue weighted by molar-refractivity contribution is 7.08. The predicted molar refractivity (Wildman–Crippen MR) is 56.8 cm³/mol. The Morgan fingerprint density at radius 3 is 2.00 bits per heavy atom. The van der Waals surface area contributed by atoms with Crippen molar-refractivity contribution in [1.29, 1.82) is 0 Å². The van der Waals surface area contributed by atoms with Crippen LogP contribution in [0.3, 0.4) is 0 Å². The molecule has 0 aliphatic rings. The molecule has 0 aliphatic heterocycles. The molecule has 0 radical (unpaired) electrons. The minimum Gasteiger partial charge on any atom is -0.152 e. The molecule has 0 unspecified atom stereocenters. The van der Waals surface area contributed by atoms with E-state index in [9.17, 15) is 0 Å². The fourth-order valence-corrected chi connectivity index (χ4v) is 1.88. The summed E-state index contributed by atoms with van der Waals surface area (Å²) in [6, 6.07) is 2.23. The quantitative estimate of drug-likeness (QED) is 0.614. The Kier molecular flexibility index (Phi) is 2.35. The van der Waals surface area contributed by atoms with Crippen molar-refractivity contribution in [3.8, 4) is 0 Å². The van der Waals surface area contributed by atoms with Crippen molar-refractivity contribution in [3.63, 3.8) is 0 Å². The maximum absolute atomic E-state index is 2.31. The summed E-state index contributed by atoms with van der Waals surface area (Å²) in [5, 5.41) is 4.41. The van der Waals surface area contributed by atoms with E-state index in [-0.39, 0.29) is 5.41 Å². The fourth-order valence-electron chi connectivity index (χ4n) is 1.05. The normalized spacial score (nSPS) is 13.4. The van der Waals surface area contributed by atoms with Gasteiger partial charge in [0.1, 0.15) is 0 Å². The average molecular weight is 182 g/mol. The second kappa shape index (κ2) is 2.88. The third-order valence-corrected chi connectivity index (χ3v) is 3.80. The van der Waals surface area contributed by atoms with Crippen LogP contribution in [0.15, 0.2) is 16.8 Å². The highest BCUT2D eigenvalue weighted by Gasteiger charge is 2.34. The van der Waals surface area contributed by atoms with Gasteiger partial charge in [0.05, 0.1) is 0 Å². The van der Waals surface area contributed by atoms with Crippen LogP contribution in [0.4, 0.5) is 0 Å². The largest absolute Gasteiger partial charge is 0.152 e. The van der Waals surface area contributed by atoms with Gasteiger partial charge in [0.2, 0.25) is 0 Å². The molecular formula is C11H18S. The van der Waals surface area contributed by atoms with E-state index in [1.165, 1.54) is 5.56 Å². The van der Waals surface area contributed by atoms with E-state index < -0.39 is 0 Å². The Morgan fingerprint density at radius 1 is 1.08 bits per heavy atom. The van der Waals surface area contributed by atoms with Gasteiger partial charge < -0.3 is 0 Å². The molecule has 0 nitrogen and oxygen atoms in total. The Morgan fingerprint density at radius 2 is 1.67 bits per heavy atom. The summed E-state index contributed by atoms with van der Waals surface area (Å²) in [6.07, 6.45) is 0. The Bertz CT molecular complexity index is 236. The van der Waals surface area contributed by atoms with Gasteiger partial charge in [-0.2, -0.15) is 11.3 Å². The fraction of sp³-hybridized carbons (Fsp3) is 0.636. The van der Waals surface area contributed by atoms with E-state index in [4.69, 9.17) is 0 Å². The predicted octanol–water partition coefficient (Wildman–Crippen LogP) is 4.07. The monoisotopic (exact) mass is 182 g/mol. The van der Waals surface area contributed by atoms with E-state index in [0.29, 0.717) is 5.41 Å². The highest BCUT2D eigenvalue weighted by Crippen LogP contribution is 2.41. The lowest BCUT2D eigenvalue weighted by Gasteiger charge is -2.38. The molecule has 1 rings (SSSR count). The molecule has 1 heteroatoms. The van der Waals surface area contributed by atoms with Gasteiger partial charge in [-0.15, -0.1) is 0 Å². The van der Waals surface area contributed by atoms with E-state index in [0.717, 1.165) is 0 Å². The van der Waals surface area contributed by atoms with Gasteiger partial charge in [0.15, 0.2) is 0 Å². The molecule has 0 spiro atoms. The van der Waals surface area contributed by atoms with E-state index in [1.54, 1.807) is 11.3 Å².